The summed E-state index contributed by atoms with van der Waals surface area (Å²) in [5.41, 5.74) is 1.12. The zero-order valence-electron chi connectivity index (χ0n) is 13.2. The van der Waals surface area contributed by atoms with E-state index in [0.717, 1.165) is 12.0 Å². The van der Waals surface area contributed by atoms with Crippen molar-refractivity contribution >= 4 is 18.9 Å². The van der Waals surface area contributed by atoms with Crippen LogP contribution >= 0.6 is 0 Å². The van der Waals surface area contributed by atoms with Gasteiger partial charge in [-0.3, -0.25) is 4.55 Å². The molecule has 22 heavy (non-hydrogen) atoms. The van der Waals surface area contributed by atoms with Crippen LogP contribution in [0.4, 0.5) is 0 Å². The van der Waals surface area contributed by atoms with Gasteiger partial charge in [0.2, 0.25) is 0 Å². The first-order valence-electron chi connectivity index (χ1n) is 6.93. The second-order valence-electron chi connectivity index (χ2n) is 4.88. The number of hydrogen-bond acceptors (Lipinski definition) is 5. The Morgan fingerprint density at radius 2 is 1.68 bits per heavy atom. The summed E-state index contributed by atoms with van der Waals surface area (Å²) < 4.78 is 48.0. The Balaban J connectivity index is 2.51. The van der Waals surface area contributed by atoms with Crippen LogP contribution in [0.1, 0.15) is 12.0 Å². The van der Waals surface area contributed by atoms with Crippen molar-refractivity contribution in [2.24, 2.45) is 0 Å². The number of pyridine rings is 1. The molecule has 0 saturated carbocycles. The molecule has 0 fully saturated rings. The minimum Gasteiger partial charge on any atom is -0.377 e. The van der Waals surface area contributed by atoms with E-state index >= 15 is 0 Å². The van der Waals surface area contributed by atoms with Gasteiger partial charge < -0.3 is 13.3 Å². The highest BCUT2D eigenvalue weighted by Gasteiger charge is 2.37. The lowest BCUT2D eigenvalue weighted by molar-refractivity contribution is -0.696. The molecule has 0 aromatic carbocycles. The van der Waals surface area contributed by atoms with Gasteiger partial charge in [-0.05, 0) is 12.0 Å². The standard InChI is InChI=1S/C13H23NO6SSi/c1-18-22(19-2,20-3)12-7-13-5-9-14(10-6-13)8-4-11-21(15,16)17/h5-6,9-10H,4,7-8,11-12H2,1-3H3/p+1. The molecule has 0 amide bonds. The lowest BCUT2D eigenvalue weighted by atomic mass is 10.2. The van der Waals surface area contributed by atoms with E-state index in [2.05, 4.69) is 0 Å². The van der Waals surface area contributed by atoms with Gasteiger partial charge in [0, 0.05) is 45.9 Å². The Morgan fingerprint density at radius 1 is 1.14 bits per heavy atom. The van der Waals surface area contributed by atoms with Gasteiger partial charge in [-0.1, -0.05) is 0 Å². The molecule has 0 spiro atoms. The van der Waals surface area contributed by atoms with Crippen LogP contribution in [0.2, 0.25) is 6.04 Å². The van der Waals surface area contributed by atoms with Crippen LogP contribution in [0, 0.1) is 0 Å². The van der Waals surface area contributed by atoms with Crippen molar-refractivity contribution in [1.29, 1.82) is 0 Å². The first-order chi connectivity index (χ1) is 10.3. The Bertz CT molecular complexity index is 536. The van der Waals surface area contributed by atoms with Crippen molar-refractivity contribution in [1.82, 2.24) is 0 Å². The second-order valence-corrected chi connectivity index (χ2v) is 9.54. The minimum atomic E-state index is -3.89. The van der Waals surface area contributed by atoms with Crippen LogP contribution in [0.3, 0.4) is 0 Å². The predicted molar refractivity (Wildman–Crippen MR) is 83.0 cm³/mol. The molecule has 0 bridgehead atoms. The number of aryl methyl sites for hydroxylation is 2. The predicted octanol–water partition coefficient (Wildman–Crippen LogP) is 0.673. The minimum absolute atomic E-state index is 0.231. The average molecular weight is 350 g/mol. The normalized spacial score (nSPS) is 12.5. The SMILES string of the molecule is CO[Si](CCc1cc[n+](CCCS(=O)(=O)O)cc1)(OC)OC. The molecular weight excluding hydrogens is 326 g/mol. The molecular formula is C13H24NO6SSi+. The summed E-state index contributed by atoms with van der Waals surface area (Å²) in [6, 6.07) is 4.62. The van der Waals surface area contributed by atoms with Crippen molar-refractivity contribution in [2.45, 2.75) is 25.4 Å². The fourth-order valence-electron chi connectivity index (χ4n) is 2.09. The van der Waals surface area contributed by atoms with Gasteiger partial charge in [-0.25, -0.2) is 4.57 Å². The van der Waals surface area contributed by atoms with Gasteiger partial charge in [-0.15, -0.1) is 0 Å². The van der Waals surface area contributed by atoms with Crippen LogP contribution in [-0.2, 0) is 36.4 Å². The van der Waals surface area contributed by atoms with E-state index in [-0.39, 0.29) is 5.75 Å². The molecule has 0 saturated heterocycles. The van der Waals surface area contributed by atoms with Gasteiger partial charge in [0.25, 0.3) is 10.1 Å². The van der Waals surface area contributed by atoms with Crippen molar-refractivity contribution in [2.75, 3.05) is 27.1 Å². The van der Waals surface area contributed by atoms with Crippen LogP contribution in [-0.4, -0.2) is 48.9 Å². The monoisotopic (exact) mass is 350 g/mol. The summed E-state index contributed by atoms with van der Waals surface area (Å²) in [5, 5.41) is 0. The number of rotatable bonds is 10. The molecule has 0 atom stereocenters. The van der Waals surface area contributed by atoms with Crippen LogP contribution in [0.25, 0.3) is 0 Å². The summed E-state index contributed by atoms with van der Waals surface area (Å²) in [6.45, 7) is 0.535. The Labute approximate surface area is 133 Å². The van der Waals surface area contributed by atoms with Crippen LogP contribution in [0.5, 0.6) is 0 Å². The third-order valence-electron chi connectivity index (χ3n) is 3.43. The summed E-state index contributed by atoms with van der Waals surface area (Å²) in [7, 11) is -1.67. The summed E-state index contributed by atoms with van der Waals surface area (Å²) in [6.07, 6.45) is 4.91. The number of hydrogen-bond donors (Lipinski definition) is 1. The smallest absolute Gasteiger partial charge is 0.377 e. The van der Waals surface area contributed by atoms with Crippen molar-refractivity contribution in [3.8, 4) is 0 Å². The maximum atomic E-state index is 10.7. The third-order valence-corrected chi connectivity index (χ3v) is 6.96. The lowest BCUT2D eigenvalue weighted by Crippen LogP contribution is -2.43. The zero-order chi connectivity index (χ0) is 16.6. The van der Waals surface area contributed by atoms with Crippen molar-refractivity contribution in [3.05, 3.63) is 30.1 Å². The fraction of sp³-hybridized carbons (Fsp3) is 0.615. The molecule has 0 aliphatic rings. The molecule has 9 heteroatoms. The molecule has 0 aliphatic heterocycles. The number of aromatic nitrogens is 1. The molecule has 1 aromatic rings. The van der Waals surface area contributed by atoms with E-state index in [9.17, 15) is 8.42 Å². The summed E-state index contributed by atoms with van der Waals surface area (Å²) in [5.74, 6) is -0.231. The van der Waals surface area contributed by atoms with Gasteiger partial charge >= 0.3 is 8.80 Å². The van der Waals surface area contributed by atoms with Gasteiger partial charge in [0.15, 0.2) is 12.4 Å². The topological polar surface area (TPSA) is 85.9 Å². The fourth-order valence-corrected chi connectivity index (χ4v) is 4.29. The summed E-state index contributed by atoms with van der Waals surface area (Å²) >= 11 is 0. The Kier molecular flexibility index (Phi) is 7.60. The maximum absolute atomic E-state index is 10.7. The van der Waals surface area contributed by atoms with Crippen molar-refractivity contribution < 1.29 is 30.8 Å². The van der Waals surface area contributed by atoms with Crippen LogP contribution in [0.15, 0.2) is 24.5 Å². The first-order valence-corrected chi connectivity index (χ1v) is 10.5. The highest BCUT2D eigenvalue weighted by molar-refractivity contribution is 7.85. The Morgan fingerprint density at radius 3 is 2.14 bits per heavy atom. The van der Waals surface area contributed by atoms with E-state index in [1.807, 2.05) is 29.1 Å². The van der Waals surface area contributed by atoms with Gasteiger partial charge in [0.05, 0.1) is 5.75 Å². The highest BCUT2D eigenvalue weighted by Crippen LogP contribution is 2.16. The zero-order valence-corrected chi connectivity index (χ0v) is 15.0. The molecule has 1 heterocycles. The van der Waals surface area contributed by atoms with Crippen molar-refractivity contribution in [3.63, 3.8) is 0 Å². The van der Waals surface area contributed by atoms with E-state index < -0.39 is 18.9 Å². The average Bonchev–Trinajstić information content (AvgIpc) is 2.49. The molecule has 7 nitrogen and oxygen atoms in total. The van der Waals surface area contributed by atoms with Gasteiger partial charge in [-0.2, -0.15) is 8.42 Å². The van der Waals surface area contributed by atoms with E-state index in [1.165, 1.54) is 0 Å². The largest absolute Gasteiger partial charge is 0.500 e. The molecule has 0 aliphatic carbocycles. The highest BCUT2D eigenvalue weighted by atomic mass is 32.2. The second kappa shape index (κ2) is 8.70. The quantitative estimate of drug-likeness (QED) is 0.379. The van der Waals surface area contributed by atoms with Crippen LogP contribution < -0.4 is 4.57 Å². The van der Waals surface area contributed by atoms with Gasteiger partial charge in [0.1, 0.15) is 6.54 Å². The maximum Gasteiger partial charge on any atom is 0.500 e. The molecule has 0 radical (unpaired) electrons. The van der Waals surface area contributed by atoms with E-state index in [0.29, 0.717) is 19.0 Å². The summed E-state index contributed by atoms with van der Waals surface area (Å²) in [4.78, 5) is 0. The Hall–Kier alpha value is -0.843. The molecule has 1 aromatic heterocycles. The molecule has 1 rings (SSSR count). The first kappa shape index (κ1) is 19.2. The lowest BCUT2D eigenvalue weighted by Gasteiger charge is -2.24. The third kappa shape index (κ3) is 6.51. The van der Waals surface area contributed by atoms with E-state index in [4.69, 9.17) is 17.8 Å². The molecule has 1 N–H and O–H groups in total. The number of nitrogens with zero attached hydrogens (tertiary/aromatic N) is 1. The van der Waals surface area contributed by atoms with E-state index in [1.54, 1.807) is 21.3 Å². The molecule has 0 unspecified atom stereocenters. The molecule has 126 valence electrons.